The Morgan fingerprint density at radius 1 is 0.805 bits per heavy atom. The fourth-order valence-electron chi connectivity index (χ4n) is 3.84. The second-order valence-corrected chi connectivity index (χ2v) is 10.6. The summed E-state index contributed by atoms with van der Waals surface area (Å²) in [7, 11) is 3.94. The van der Waals surface area contributed by atoms with Crippen molar-refractivity contribution in [3.05, 3.63) is 103 Å². The van der Waals surface area contributed by atoms with Gasteiger partial charge < -0.3 is 20.3 Å². The van der Waals surface area contributed by atoms with Crippen LogP contribution >= 0.6 is 0 Å². The second-order valence-electron chi connectivity index (χ2n) is 10.6. The van der Waals surface area contributed by atoms with E-state index in [2.05, 4.69) is 32.5 Å². The molecule has 4 aromatic rings. The van der Waals surface area contributed by atoms with Crippen LogP contribution in [0.1, 0.15) is 36.7 Å². The molecule has 0 unspecified atom stereocenters. The van der Waals surface area contributed by atoms with E-state index in [0.717, 1.165) is 22.4 Å². The molecule has 0 bridgehead atoms. The number of aromatic nitrogens is 2. The number of pyridine rings is 2. The van der Waals surface area contributed by atoms with Crippen LogP contribution in [0.4, 0.5) is 27.7 Å². The van der Waals surface area contributed by atoms with Crippen molar-refractivity contribution in [1.29, 1.82) is 0 Å². The molecule has 2 amide bonds. The smallest absolute Gasteiger partial charge is 0.412 e. The van der Waals surface area contributed by atoms with Crippen molar-refractivity contribution in [2.45, 2.75) is 26.4 Å². The Balaban J connectivity index is 1.38. The van der Waals surface area contributed by atoms with E-state index in [1.165, 1.54) is 0 Å². The number of amides is 2. The highest BCUT2D eigenvalue weighted by Gasteiger charge is 2.17. The van der Waals surface area contributed by atoms with Gasteiger partial charge in [0.2, 0.25) is 0 Å². The number of hydrogen-bond acceptors (Lipinski definition) is 7. The molecule has 0 saturated carbocycles. The third-order valence-electron chi connectivity index (χ3n) is 5.89. The number of carbonyl (C=O) groups is 2. The fraction of sp³-hybridized carbons (Fsp3) is 0.188. The van der Waals surface area contributed by atoms with Crippen LogP contribution < -0.4 is 16.0 Å². The zero-order valence-corrected chi connectivity index (χ0v) is 23.9. The quantitative estimate of drug-likeness (QED) is 0.216. The highest BCUT2D eigenvalue weighted by Crippen LogP contribution is 2.25. The molecule has 2 aromatic carbocycles. The lowest BCUT2D eigenvalue weighted by Crippen LogP contribution is -2.27. The molecule has 4 rings (SSSR count). The van der Waals surface area contributed by atoms with Crippen molar-refractivity contribution in [1.82, 2.24) is 14.9 Å². The molecule has 3 N–H and O–H groups in total. The predicted octanol–water partition coefficient (Wildman–Crippen LogP) is 7.02. The maximum Gasteiger partial charge on any atom is 0.412 e. The van der Waals surface area contributed by atoms with Gasteiger partial charge in [0.25, 0.3) is 5.91 Å². The van der Waals surface area contributed by atoms with Crippen molar-refractivity contribution >= 4 is 40.6 Å². The summed E-state index contributed by atoms with van der Waals surface area (Å²) in [5.41, 5.74) is 5.40. The van der Waals surface area contributed by atoms with Gasteiger partial charge in [0.05, 0.1) is 23.8 Å². The molecule has 0 atom stereocenters. The lowest BCUT2D eigenvalue weighted by molar-refractivity contribution is 0.0635. The molecule has 0 fully saturated rings. The monoisotopic (exact) mass is 550 g/mol. The van der Waals surface area contributed by atoms with Crippen molar-refractivity contribution < 1.29 is 14.3 Å². The van der Waals surface area contributed by atoms with Gasteiger partial charge in [-0.15, -0.1) is 0 Å². The van der Waals surface area contributed by atoms with E-state index in [1.54, 1.807) is 69.7 Å². The zero-order valence-electron chi connectivity index (χ0n) is 23.9. The summed E-state index contributed by atoms with van der Waals surface area (Å²) in [5.74, 6) is 0.289. The molecule has 2 heterocycles. The van der Waals surface area contributed by atoms with E-state index in [4.69, 9.17) is 4.74 Å². The Morgan fingerprint density at radius 2 is 1.51 bits per heavy atom. The van der Waals surface area contributed by atoms with Gasteiger partial charge in [-0.2, -0.15) is 0 Å². The molecule has 41 heavy (non-hydrogen) atoms. The summed E-state index contributed by atoms with van der Waals surface area (Å²) in [6.07, 6.45) is 4.41. The van der Waals surface area contributed by atoms with E-state index in [1.807, 2.05) is 55.4 Å². The van der Waals surface area contributed by atoms with Crippen LogP contribution in [0.5, 0.6) is 0 Å². The summed E-state index contributed by atoms with van der Waals surface area (Å²) in [5, 5.41) is 8.70. The fourth-order valence-corrected chi connectivity index (χ4v) is 3.84. The Bertz CT molecular complexity index is 1540. The van der Waals surface area contributed by atoms with Gasteiger partial charge >= 0.3 is 6.09 Å². The molecule has 0 saturated heterocycles. The third kappa shape index (κ3) is 8.15. The molecule has 9 heteroatoms. The topological polar surface area (TPSA) is 108 Å². The van der Waals surface area contributed by atoms with Gasteiger partial charge in [-0.05, 0) is 68.3 Å². The van der Waals surface area contributed by atoms with Crippen molar-refractivity contribution in [3.63, 3.8) is 0 Å². The SMILES string of the molecule is C=C(c1ccc(-c2ccc(Nc3cncc(NC(=O)c4cccc(NC(=O)OC(C)(C)C)c4)c3)nc2)cc1)N(C)C. The molecular weight excluding hydrogens is 516 g/mol. The van der Waals surface area contributed by atoms with Crippen LogP contribution in [0.2, 0.25) is 0 Å². The summed E-state index contributed by atoms with van der Waals surface area (Å²) < 4.78 is 5.27. The van der Waals surface area contributed by atoms with Gasteiger partial charge in [-0.25, -0.2) is 9.78 Å². The van der Waals surface area contributed by atoms with Crippen LogP contribution in [0.15, 0.2) is 91.9 Å². The largest absolute Gasteiger partial charge is 0.444 e. The van der Waals surface area contributed by atoms with Crippen molar-refractivity contribution in [3.8, 4) is 11.1 Å². The number of nitrogens with one attached hydrogen (secondary N) is 3. The minimum Gasteiger partial charge on any atom is -0.444 e. The molecular formula is C32H34N6O3. The standard InChI is InChI=1S/C32H34N6O3/c1-21(38(5)6)22-10-12-23(13-11-22)25-14-15-29(34-18-25)35-27-17-28(20-33-19-27)36-30(39)24-8-7-9-26(16-24)37-31(40)41-32(2,3)4/h7-20H,1H2,2-6H3,(H,34,35)(H,36,39)(H,37,40). The van der Waals surface area contributed by atoms with Crippen LogP contribution in [0.25, 0.3) is 16.8 Å². The molecule has 9 nitrogen and oxygen atoms in total. The van der Waals surface area contributed by atoms with Crippen LogP contribution in [-0.4, -0.2) is 46.6 Å². The maximum absolute atomic E-state index is 12.9. The Hall–Kier alpha value is -5.18. The minimum absolute atomic E-state index is 0.348. The molecule has 0 radical (unpaired) electrons. The van der Waals surface area contributed by atoms with E-state index in [0.29, 0.717) is 28.4 Å². The summed E-state index contributed by atoms with van der Waals surface area (Å²) in [6, 6.07) is 20.4. The van der Waals surface area contributed by atoms with E-state index in [-0.39, 0.29) is 5.91 Å². The first kappa shape index (κ1) is 28.8. The Morgan fingerprint density at radius 3 is 2.17 bits per heavy atom. The molecule has 210 valence electrons. The predicted molar refractivity (Wildman–Crippen MR) is 164 cm³/mol. The number of rotatable bonds is 8. The number of anilines is 4. The van der Waals surface area contributed by atoms with E-state index >= 15 is 0 Å². The van der Waals surface area contributed by atoms with E-state index in [9.17, 15) is 9.59 Å². The highest BCUT2D eigenvalue weighted by molar-refractivity contribution is 6.05. The average Bonchev–Trinajstić information content (AvgIpc) is 2.92. The number of benzene rings is 2. The van der Waals surface area contributed by atoms with Crippen LogP contribution in [-0.2, 0) is 4.74 Å². The van der Waals surface area contributed by atoms with Gasteiger partial charge in [0, 0.05) is 42.8 Å². The highest BCUT2D eigenvalue weighted by atomic mass is 16.6. The molecule has 0 aliphatic carbocycles. The molecule has 0 aliphatic rings. The lowest BCUT2D eigenvalue weighted by Gasteiger charge is -2.19. The summed E-state index contributed by atoms with van der Waals surface area (Å²) in [4.78, 5) is 35.7. The van der Waals surface area contributed by atoms with Crippen LogP contribution in [0, 0.1) is 0 Å². The number of carbonyl (C=O) groups excluding carboxylic acids is 2. The third-order valence-corrected chi connectivity index (χ3v) is 5.89. The van der Waals surface area contributed by atoms with Crippen molar-refractivity contribution in [2.24, 2.45) is 0 Å². The zero-order chi connectivity index (χ0) is 29.6. The first-order chi connectivity index (χ1) is 19.5. The number of hydrogen-bond donors (Lipinski definition) is 3. The lowest BCUT2D eigenvalue weighted by atomic mass is 10.0. The Labute approximate surface area is 240 Å². The molecule has 2 aromatic heterocycles. The first-order valence-electron chi connectivity index (χ1n) is 13.0. The molecule has 0 spiro atoms. The summed E-state index contributed by atoms with van der Waals surface area (Å²) in [6.45, 7) is 9.44. The maximum atomic E-state index is 12.9. The Kier molecular flexibility index (Phi) is 8.67. The first-order valence-corrected chi connectivity index (χ1v) is 13.0. The average molecular weight is 551 g/mol. The minimum atomic E-state index is -0.628. The second kappa shape index (κ2) is 12.3. The van der Waals surface area contributed by atoms with Gasteiger partial charge in [0.1, 0.15) is 11.4 Å². The van der Waals surface area contributed by atoms with Gasteiger partial charge in [0.15, 0.2) is 0 Å². The number of ether oxygens (including phenoxy) is 1. The van der Waals surface area contributed by atoms with E-state index < -0.39 is 11.7 Å². The summed E-state index contributed by atoms with van der Waals surface area (Å²) >= 11 is 0. The normalized spacial score (nSPS) is 10.9. The van der Waals surface area contributed by atoms with Crippen LogP contribution in [0.3, 0.4) is 0 Å². The van der Waals surface area contributed by atoms with Gasteiger partial charge in [-0.3, -0.25) is 15.1 Å². The van der Waals surface area contributed by atoms with Crippen molar-refractivity contribution in [2.75, 3.05) is 30.0 Å². The number of nitrogens with zero attached hydrogens (tertiary/aromatic N) is 3. The molecule has 0 aliphatic heterocycles. The van der Waals surface area contributed by atoms with Gasteiger partial charge in [-0.1, -0.05) is 36.9 Å².